The smallest absolute Gasteiger partial charge is 0.236 e. The van der Waals surface area contributed by atoms with Crippen LogP contribution in [0.3, 0.4) is 0 Å². The highest BCUT2D eigenvalue weighted by Gasteiger charge is 2.23. The zero-order valence-electron chi connectivity index (χ0n) is 11.6. The molecule has 1 fully saturated rings. The van der Waals surface area contributed by atoms with E-state index >= 15 is 0 Å². The number of likely N-dealkylation sites (tertiary alicyclic amines) is 1. The van der Waals surface area contributed by atoms with Crippen molar-refractivity contribution in [1.82, 2.24) is 10.2 Å². The number of nitrogens with zero attached hydrogens (tertiary/aromatic N) is 1. The van der Waals surface area contributed by atoms with E-state index in [0.717, 1.165) is 31.5 Å². The van der Waals surface area contributed by atoms with Gasteiger partial charge in [0.2, 0.25) is 5.91 Å². The molecule has 0 bridgehead atoms. The number of nitrogens with two attached hydrogens (primary N) is 1. The van der Waals surface area contributed by atoms with Crippen molar-refractivity contribution in [3.8, 4) is 0 Å². The number of carbonyl (C=O) groups is 1. The summed E-state index contributed by atoms with van der Waals surface area (Å²) in [5, 5.41) is 2.95. The number of hydrogen-bond acceptors (Lipinski definition) is 3. The number of hydrogen-bond donors (Lipinski definition) is 2. The lowest BCUT2D eigenvalue weighted by atomic mass is 9.92. The van der Waals surface area contributed by atoms with Crippen LogP contribution in [0.2, 0.25) is 0 Å². The van der Waals surface area contributed by atoms with Crippen molar-refractivity contribution >= 4 is 5.91 Å². The van der Waals surface area contributed by atoms with Gasteiger partial charge in [-0.1, -0.05) is 13.8 Å². The van der Waals surface area contributed by atoms with Crippen LogP contribution in [0.5, 0.6) is 0 Å². The normalized spacial score (nSPS) is 29.7. The first-order chi connectivity index (χ1) is 7.88. The van der Waals surface area contributed by atoms with Crippen LogP contribution in [0.25, 0.3) is 0 Å². The van der Waals surface area contributed by atoms with E-state index < -0.39 is 6.04 Å². The summed E-state index contributed by atoms with van der Waals surface area (Å²) in [7, 11) is 0. The Hall–Kier alpha value is -0.610. The Morgan fingerprint density at radius 3 is 2.35 bits per heavy atom. The van der Waals surface area contributed by atoms with Crippen molar-refractivity contribution in [2.75, 3.05) is 19.6 Å². The largest absolute Gasteiger partial charge is 0.351 e. The SMILES string of the molecule is CC1CC(C)CN(CC(C)NC(=O)C(C)N)C1. The average Bonchev–Trinajstić information content (AvgIpc) is 2.14. The van der Waals surface area contributed by atoms with E-state index in [2.05, 4.69) is 24.1 Å². The van der Waals surface area contributed by atoms with Crippen LogP contribution >= 0.6 is 0 Å². The molecule has 0 radical (unpaired) electrons. The lowest BCUT2D eigenvalue weighted by molar-refractivity contribution is -0.122. The molecule has 1 rings (SSSR count). The summed E-state index contributed by atoms with van der Waals surface area (Å²) in [6.07, 6.45) is 1.32. The molecular formula is C13H27N3O. The fourth-order valence-electron chi connectivity index (χ4n) is 2.75. The van der Waals surface area contributed by atoms with Gasteiger partial charge in [0.25, 0.3) is 0 Å². The molecule has 0 aliphatic carbocycles. The Kier molecular flexibility index (Phi) is 5.40. The number of carbonyl (C=O) groups excluding carboxylic acids is 1. The molecule has 1 heterocycles. The maximum atomic E-state index is 11.5. The molecule has 0 saturated carbocycles. The van der Waals surface area contributed by atoms with Gasteiger partial charge in [0.15, 0.2) is 0 Å². The average molecular weight is 241 g/mol. The summed E-state index contributed by atoms with van der Waals surface area (Å²) in [6, 6.07) is -0.248. The van der Waals surface area contributed by atoms with Crippen molar-refractivity contribution in [2.45, 2.75) is 46.2 Å². The molecule has 4 heteroatoms. The monoisotopic (exact) mass is 241 g/mol. The molecule has 3 N–H and O–H groups in total. The second kappa shape index (κ2) is 6.36. The molecule has 17 heavy (non-hydrogen) atoms. The summed E-state index contributed by atoms with van der Waals surface area (Å²) in [4.78, 5) is 13.9. The second-order valence-electron chi connectivity index (χ2n) is 5.86. The third-order valence-electron chi connectivity index (χ3n) is 3.28. The van der Waals surface area contributed by atoms with Crippen molar-refractivity contribution in [2.24, 2.45) is 17.6 Å². The Morgan fingerprint density at radius 1 is 1.35 bits per heavy atom. The maximum Gasteiger partial charge on any atom is 0.236 e. The number of piperidine rings is 1. The molecule has 0 aromatic carbocycles. The van der Waals surface area contributed by atoms with Gasteiger partial charge in [0.05, 0.1) is 6.04 Å². The lowest BCUT2D eigenvalue weighted by Crippen LogP contribution is -2.49. The molecule has 1 amide bonds. The fraction of sp³-hybridized carbons (Fsp3) is 0.923. The van der Waals surface area contributed by atoms with Gasteiger partial charge >= 0.3 is 0 Å². The third-order valence-corrected chi connectivity index (χ3v) is 3.28. The Balaban J connectivity index is 2.35. The highest BCUT2D eigenvalue weighted by Crippen LogP contribution is 2.20. The predicted octanol–water partition coefficient (Wildman–Crippen LogP) is 0.816. The minimum Gasteiger partial charge on any atom is -0.351 e. The zero-order chi connectivity index (χ0) is 13.0. The first kappa shape index (κ1) is 14.5. The van der Waals surface area contributed by atoms with Crippen molar-refractivity contribution in [3.05, 3.63) is 0 Å². The molecule has 4 nitrogen and oxygen atoms in total. The minimum absolute atomic E-state index is 0.0596. The summed E-state index contributed by atoms with van der Waals surface area (Å²) in [5.41, 5.74) is 5.54. The summed E-state index contributed by atoms with van der Waals surface area (Å²) in [5.74, 6) is 1.46. The molecule has 1 aliphatic rings. The highest BCUT2D eigenvalue weighted by atomic mass is 16.2. The Labute approximate surface area is 105 Å². The maximum absolute atomic E-state index is 11.5. The third kappa shape index (κ3) is 5.04. The van der Waals surface area contributed by atoms with E-state index in [9.17, 15) is 4.79 Å². The quantitative estimate of drug-likeness (QED) is 0.766. The zero-order valence-corrected chi connectivity index (χ0v) is 11.6. The minimum atomic E-state index is -0.420. The predicted molar refractivity (Wildman–Crippen MR) is 70.6 cm³/mol. The second-order valence-corrected chi connectivity index (χ2v) is 5.86. The van der Waals surface area contributed by atoms with Gasteiger partial charge in [-0.05, 0) is 32.1 Å². The topological polar surface area (TPSA) is 58.4 Å². The van der Waals surface area contributed by atoms with Crippen LogP contribution in [0, 0.1) is 11.8 Å². The molecule has 0 aromatic rings. The standard InChI is InChI=1S/C13H27N3O/c1-9-5-10(2)7-16(6-9)8-11(3)15-13(17)12(4)14/h9-12H,5-8,14H2,1-4H3,(H,15,17). The summed E-state index contributed by atoms with van der Waals surface area (Å²) in [6.45, 7) is 11.6. The van der Waals surface area contributed by atoms with E-state index in [4.69, 9.17) is 5.73 Å². The summed E-state index contributed by atoms with van der Waals surface area (Å²) < 4.78 is 0. The van der Waals surface area contributed by atoms with Gasteiger partial charge in [-0.15, -0.1) is 0 Å². The van der Waals surface area contributed by atoms with Crippen LogP contribution < -0.4 is 11.1 Å². The van der Waals surface area contributed by atoms with E-state index in [1.807, 2.05) is 6.92 Å². The van der Waals surface area contributed by atoms with Crippen LogP contribution in [0.4, 0.5) is 0 Å². The van der Waals surface area contributed by atoms with Crippen LogP contribution in [0.15, 0.2) is 0 Å². The van der Waals surface area contributed by atoms with Gasteiger partial charge in [0.1, 0.15) is 0 Å². The van der Waals surface area contributed by atoms with Crippen LogP contribution in [0.1, 0.15) is 34.1 Å². The van der Waals surface area contributed by atoms with E-state index in [-0.39, 0.29) is 11.9 Å². The van der Waals surface area contributed by atoms with Gasteiger partial charge in [0, 0.05) is 25.7 Å². The lowest BCUT2D eigenvalue weighted by Gasteiger charge is -2.36. The van der Waals surface area contributed by atoms with Crippen LogP contribution in [-0.4, -0.2) is 42.5 Å². The van der Waals surface area contributed by atoms with Gasteiger partial charge in [-0.2, -0.15) is 0 Å². The molecular weight excluding hydrogens is 214 g/mol. The summed E-state index contributed by atoms with van der Waals surface area (Å²) >= 11 is 0. The van der Waals surface area contributed by atoms with Crippen LogP contribution in [-0.2, 0) is 4.79 Å². The van der Waals surface area contributed by atoms with Gasteiger partial charge in [-0.3, -0.25) is 4.79 Å². The highest BCUT2D eigenvalue weighted by molar-refractivity contribution is 5.81. The molecule has 4 unspecified atom stereocenters. The van der Waals surface area contributed by atoms with E-state index in [1.54, 1.807) is 6.92 Å². The molecule has 1 aliphatic heterocycles. The molecule has 0 aromatic heterocycles. The molecule has 100 valence electrons. The Morgan fingerprint density at radius 2 is 1.88 bits per heavy atom. The Bertz CT molecular complexity index is 245. The molecule has 0 spiro atoms. The first-order valence-electron chi connectivity index (χ1n) is 6.66. The fourth-order valence-corrected chi connectivity index (χ4v) is 2.75. The number of nitrogens with one attached hydrogen (secondary N) is 1. The number of rotatable bonds is 4. The van der Waals surface area contributed by atoms with E-state index in [1.165, 1.54) is 6.42 Å². The van der Waals surface area contributed by atoms with Gasteiger partial charge < -0.3 is 16.0 Å². The molecule has 4 atom stereocenters. The molecule has 1 saturated heterocycles. The first-order valence-corrected chi connectivity index (χ1v) is 6.66. The van der Waals surface area contributed by atoms with Crippen molar-refractivity contribution in [1.29, 1.82) is 0 Å². The van der Waals surface area contributed by atoms with E-state index in [0.29, 0.717) is 0 Å². The van der Waals surface area contributed by atoms with Crippen molar-refractivity contribution < 1.29 is 4.79 Å². The van der Waals surface area contributed by atoms with Crippen molar-refractivity contribution in [3.63, 3.8) is 0 Å². The van der Waals surface area contributed by atoms with Gasteiger partial charge in [-0.25, -0.2) is 0 Å². The number of amides is 1.